The predicted octanol–water partition coefficient (Wildman–Crippen LogP) is 4.98. The topological polar surface area (TPSA) is 91.9 Å². The first-order chi connectivity index (χ1) is 21.9. The average molecular weight is 607 g/mol. The van der Waals surface area contributed by atoms with Crippen LogP contribution in [0.2, 0.25) is 0 Å². The van der Waals surface area contributed by atoms with Crippen LogP contribution in [0.15, 0.2) is 101 Å². The molecule has 2 amide bonds. The number of amides is 2. The number of allylic oxidation sites excluding steroid dienone is 2. The number of rotatable bonds is 9. The van der Waals surface area contributed by atoms with Crippen molar-refractivity contribution in [2.45, 2.75) is 44.4 Å². The number of nitrogens with one attached hydrogen (secondary N) is 3. The second-order valence-electron chi connectivity index (χ2n) is 12.1. The van der Waals surface area contributed by atoms with E-state index in [-0.39, 0.29) is 24.0 Å². The summed E-state index contributed by atoms with van der Waals surface area (Å²) >= 11 is 0. The van der Waals surface area contributed by atoms with Crippen LogP contribution in [-0.4, -0.2) is 56.7 Å². The number of dihydropyridines is 1. The second-order valence-corrected chi connectivity index (χ2v) is 12.1. The number of hydrogen-bond acceptors (Lipinski definition) is 6. The van der Waals surface area contributed by atoms with Crippen molar-refractivity contribution in [1.29, 1.82) is 0 Å². The molecule has 0 aliphatic carbocycles. The Morgan fingerprint density at radius 3 is 2.07 bits per heavy atom. The number of piperidine rings is 1. The van der Waals surface area contributed by atoms with Gasteiger partial charge in [0, 0.05) is 47.5 Å². The Balaban J connectivity index is 1.11. The molecule has 8 nitrogen and oxygen atoms in total. The molecule has 1 saturated heterocycles. The van der Waals surface area contributed by atoms with Crippen LogP contribution in [0.1, 0.15) is 55.7 Å². The smallest absolute Gasteiger partial charge is 0.249 e. The zero-order chi connectivity index (χ0) is 31.4. The van der Waals surface area contributed by atoms with Gasteiger partial charge in [-0.15, -0.1) is 0 Å². The van der Waals surface area contributed by atoms with E-state index in [9.17, 15) is 9.59 Å². The molecule has 0 radical (unpaired) electrons. The molecule has 8 heteroatoms. The average Bonchev–Trinajstić information content (AvgIpc) is 3.55. The third-order valence-electron chi connectivity index (χ3n) is 9.51. The fourth-order valence-electron chi connectivity index (χ4n) is 7.17. The Morgan fingerprint density at radius 1 is 0.844 bits per heavy atom. The van der Waals surface area contributed by atoms with Gasteiger partial charge in [-0.2, -0.15) is 0 Å². The van der Waals surface area contributed by atoms with E-state index in [1.165, 1.54) is 11.1 Å². The summed E-state index contributed by atoms with van der Waals surface area (Å²) in [6.45, 7) is 7.35. The van der Waals surface area contributed by atoms with Crippen molar-refractivity contribution in [2.75, 3.05) is 40.0 Å². The van der Waals surface area contributed by atoms with Gasteiger partial charge in [0.05, 0.1) is 0 Å². The molecule has 3 aliphatic heterocycles. The lowest BCUT2D eigenvalue weighted by Crippen LogP contribution is -2.44. The number of fused-ring (bicyclic) bond motifs is 1. The van der Waals surface area contributed by atoms with Gasteiger partial charge >= 0.3 is 0 Å². The molecule has 3 heterocycles. The number of benzene rings is 3. The van der Waals surface area contributed by atoms with Crippen LogP contribution in [0, 0.1) is 0 Å². The van der Waals surface area contributed by atoms with Gasteiger partial charge in [0.15, 0.2) is 11.5 Å². The summed E-state index contributed by atoms with van der Waals surface area (Å²) in [6, 6.07) is 27.4. The summed E-state index contributed by atoms with van der Waals surface area (Å²) in [5.41, 5.74) is 6.08. The third-order valence-corrected chi connectivity index (χ3v) is 9.51. The van der Waals surface area contributed by atoms with Crippen LogP contribution in [0.3, 0.4) is 0 Å². The van der Waals surface area contributed by atoms with E-state index in [2.05, 4.69) is 81.5 Å². The van der Waals surface area contributed by atoms with Crippen molar-refractivity contribution in [1.82, 2.24) is 20.9 Å². The van der Waals surface area contributed by atoms with Crippen LogP contribution < -0.4 is 25.4 Å². The number of carbonyl (C=O) groups excluding carboxylic acids is 2. The summed E-state index contributed by atoms with van der Waals surface area (Å²) in [4.78, 5) is 29.4. The van der Waals surface area contributed by atoms with Gasteiger partial charge in [0.2, 0.25) is 18.6 Å². The molecule has 45 heavy (non-hydrogen) atoms. The first-order valence-electron chi connectivity index (χ1n) is 15.8. The van der Waals surface area contributed by atoms with Gasteiger partial charge in [-0.1, -0.05) is 66.7 Å². The van der Waals surface area contributed by atoms with Crippen molar-refractivity contribution in [3.8, 4) is 11.5 Å². The third kappa shape index (κ3) is 6.07. The highest BCUT2D eigenvalue weighted by molar-refractivity contribution is 6.03. The van der Waals surface area contributed by atoms with Crippen molar-refractivity contribution < 1.29 is 19.1 Å². The Bertz CT molecular complexity index is 1570. The maximum Gasteiger partial charge on any atom is 0.249 e. The Morgan fingerprint density at radius 2 is 1.44 bits per heavy atom. The lowest BCUT2D eigenvalue weighted by atomic mass is 9.68. The van der Waals surface area contributed by atoms with Crippen LogP contribution in [0.25, 0.3) is 0 Å². The quantitative estimate of drug-likeness (QED) is 0.298. The molecule has 1 fully saturated rings. The highest BCUT2D eigenvalue weighted by atomic mass is 16.7. The van der Waals surface area contributed by atoms with Crippen LogP contribution in [-0.2, 0) is 15.0 Å². The highest BCUT2D eigenvalue weighted by Gasteiger charge is 2.38. The maximum atomic E-state index is 13.8. The van der Waals surface area contributed by atoms with E-state index < -0.39 is 5.92 Å². The van der Waals surface area contributed by atoms with Crippen molar-refractivity contribution in [3.63, 3.8) is 0 Å². The summed E-state index contributed by atoms with van der Waals surface area (Å²) in [7, 11) is 1.61. The fraction of sp³-hybridized carbons (Fsp3) is 0.351. The minimum Gasteiger partial charge on any atom is -0.454 e. The molecule has 6 rings (SSSR count). The molecule has 3 aliphatic rings. The van der Waals surface area contributed by atoms with Gasteiger partial charge in [-0.25, -0.2) is 0 Å². The molecule has 1 unspecified atom stereocenters. The van der Waals surface area contributed by atoms with Gasteiger partial charge in [0.1, 0.15) is 0 Å². The molecule has 3 aromatic rings. The van der Waals surface area contributed by atoms with Gasteiger partial charge in [-0.3, -0.25) is 9.59 Å². The van der Waals surface area contributed by atoms with E-state index >= 15 is 0 Å². The summed E-state index contributed by atoms with van der Waals surface area (Å²) in [6.07, 6.45) is 2.94. The molecule has 0 bridgehead atoms. The second kappa shape index (κ2) is 13.2. The first kappa shape index (κ1) is 30.5. The highest BCUT2D eigenvalue weighted by Crippen LogP contribution is 2.43. The first-order valence-corrected chi connectivity index (χ1v) is 15.8. The number of carbonyl (C=O) groups is 2. The normalized spacial score (nSPS) is 19.2. The predicted molar refractivity (Wildman–Crippen MR) is 175 cm³/mol. The van der Waals surface area contributed by atoms with Gasteiger partial charge in [0.25, 0.3) is 0 Å². The number of hydrogen-bond donors (Lipinski definition) is 3. The van der Waals surface area contributed by atoms with Gasteiger partial charge in [-0.05, 0) is 81.6 Å². The number of ether oxygens (including phenoxy) is 2. The van der Waals surface area contributed by atoms with Crippen LogP contribution >= 0.6 is 0 Å². The van der Waals surface area contributed by atoms with Crippen LogP contribution in [0.4, 0.5) is 0 Å². The fourth-order valence-corrected chi connectivity index (χ4v) is 7.17. The van der Waals surface area contributed by atoms with E-state index in [1.54, 1.807) is 7.05 Å². The molecule has 3 aromatic carbocycles. The lowest BCUT2D eigenvalue weighted by Gasteiger charge is -2.43. The molecule has 0 spiro atoms. The minimum absolute atomic E-state index is 0.0170. The minimum atomic E-state index is -0.549. The molecule has 234 valence electrons. The van der Waals surface area contributed by atoms with E-state index in [0.717, 1.165) is 55.9 Å². The van der Waals surface area contributed by atoms with E-state index in [1.807, 2.05) is 32.0 Å². The Hall–Kier alpha value is -4.56. The summed E-state index contributed by atoms with van der Waals surface area (Å²) in [5, 5.41) is 9.19. The monoisotopic (exact) mass is 606 g/mol. The van der Waals surface area contributed by atoms with E-state index in [0.29, 0.717) is 29.2 Å². The molecule has 0 saturated carbocycles. The van der Waals surface area contributed by atoms with Crippen molar-refractivity contribution in [2.24, 2.45) is 0 Å². The number of likely N-dealkylation sites (tertiary alicyclic amines) is 1. The van der Waals surface area contributed by atoms with Crippen LogP contribution in [0.5, 0.6) is 11.5 Å². The Labute approximate surface area is 265 Å². The maximum absolute atomic E-state index is 13.8. The summed E-state index contributed by atoms with van der Waals surface area (Å²) in [5.74, 6) is 0.313. The standard InChI is InChI=1S/C37H42N4O4/c1-25-32(35(42)38-3)34(27-15-16-30-31(23-27)45-24-44-30)33(26(2)40-25)36(43)39-19-10-20-41-21-17-37(18-22-41,28-11-6-4-7-12-28)29-13-8-5-9-14-29/h4-9,11-16,23,34,40H,10,17-22,24H2,1-3H3,(H,38,42)(H,39,43). The lowest BCUT2D eigenvalue weighted by molar-refractivity contribution is -0.118. The summed E-state index contributed by atoms with van der Waals surface area (Å²) < 4.78 is 11.1. The molecular weight excluding hydrogens is 564 g/mol. The van der Waals surface area contributed by atoms with E-state index in [4.69, 9.17) is 9.47 Å². The van der Waals surface area contributed by atoms with Crippen molar-refractivity contribution >= 4 is 11.8 Å². The SMILES string of the molecule is CNC(=O)C1=C(C)NC(C)=C(C(=O)NCCCN2CCC(c3ccccc3)(c3ccccc3)CC2)C1c1ccc2c(c1)OCO2. The zero-order valence-electron chi connectivity index (χ0n) is 26.3. The largest absolute Gasteiger partial charge is 0.454 e. The zero-order valence-corrected chi connectivity index (χ0v) is 26.3. The number of likely N-dealkylation sites (N-methyl/N-ethyl adjacent to an activating group) is 1. The molecule has 1 atom stereocenters. The number of nitrogens with zero attached hydrogens (tertiary/aromatic N) is 1. The Kier molecular flexibility index (Phi) is 8.94. The molecular formula is C37H42N4O4. The van der Waals surface area contributed by atoms with Crippen molar-refractivity contribution in [3.05, 3.63) is 118 Å². The molecule has 3 N–H and O–H groups in total. The van der Waals surface area contributed by atoms with Gasteiger partial charge < -0.3 is 30.3 Å². The molecule has 0 aromatic heterocycles.